The number of fused-ring (bicyclic) bond motifs is 1. The summed E-state index contributed by atoms with van der Waals surface area (Å²) in [7, 11) is 3.65. The molecule has 1 aliphatic carbocycles. The van der Waals surface area contributed by atoms with Crippen LogP contribution < -0.4 is 5.32 Å². The van der Waals surface area contributed by atoms with E-state index in [4.69, 9.17) is 9.51 Å². The van der Waals surface area contributed by atoms with Gasteiger partial charge in [0.2, 0.25) is 0 Å². The number of hydrogen-bond acceptors (Lipinski definition) is 8. The average molecular weight is 486 g/mol. The standard InChI is InChI=1S/C27H31N7O2/c1-27(22-8-9-22,21-6-4-17(5-7-21)19-12-18-10-11-28-24(18)29-13-19)26-31-25(36-32-26)20-14-30-34(15-20)16-23(35)33(2)3/h4-7,12-15,22-23,35H,8-11,16H2,1-3H3,(H,28,29). The lowest BCUT2D eigenvalue weighted by Gasteiger charge is -2.27. The van der Waals surface area contributed by atoms with Gasteiger partial charge in [-0.25, -0.2) is 4.98 Å². The third kappa shape index (κ3) is 4.08. The van der Waals surface area contributed by atoms with E-state index in [1.54, 1.807) is 15.8 Å². The van der Waals surface area contributed by atoms with E-state index in [0.717, 1.165) is 48.3 Å². The summed E-state index contributed by atoms with van der Waals surface area (Å²) in [4.78, 5) is 11.1. The van der Waals surface area contributed by atoms with E-state index in [1.165, 1.54) is 11.1 Å². The van der Waals surface area contributed by atoms with Crippen LogP contribution in [0.4, 0.5) is 5.82 Å². The van der Waals surface area contributed by atoms with Crippen LogP contribution in [-0.2, 0) is 18.4 Å². The van der Waals surface area contributed by atoms with E-state index in [1.807, 2.05) is 26.5 Å². The van der Waals surface area contributed by atoms with Gasteiger partial charge in [-0.3, -0.25) is 9.58 Å². The van der Waals surface area contributed by atoms with Crippen LogP contribution in [0.5, 0.6) is 0 Å². The number of nitrogens with zero attached hydrogens (tertiary/aromatic N) is 6. The Morgan fingerprint density at radius 2 is 1.97 bits per heavy atom. The summed E-state index contributed by atoms with van der Waals surface area (Å²) in [6, 6.07) is 11.0. The van der Waals surface area contributed by atoms with E-state index in [0.29, 0.717) is 24.2 Å². The zero-order valence-corrected chi connectivity index (χ0v) is 20.8. The number of aliphatic hydroxyl groups is 1. The van der Waals surface area contributed by atoms with Crippen LogP contribution in [0.1, 0.15) is 36.7 Å². The van der Waals surface area contributed by atoms with Crippen molar-refractivity contribution in [2.24, 2.45) is 5.92 Å². The zero-order valence-electron chi connectivity index (χ0n) is 20.8. The number of aromatic nitrogens is 5. The molecule has 9 nitrogen and oxygen atoms in total. The summed E-state index contributed by atoms with van der Waals surface area (Å²) in [6.07, 6.45) is 8.14. The lowest BCUT2D eigenvalue weighted by atomic mass is 9.76. The van der Waals surface area contributed by atoms with Crippen molar-refractivity contribution in [1.82, 2.24) is 29.8 Å². The van der Waals surface area contributed by atoms with Gasteiger partial charge >= 0.3 is 0 Å². The van der Waals surface area contributed by atoms with E-state index in [2.05, 4.69) is 57.8 Å². The van der Waals surface area contributed by atoms with Crippen LogP contribution in [0, 0.1) is 5.92 Å². The van der Waals surface area contributed by atoms with Crippen molar-refractivity contribution in [2.75, 3.05) is 26.0 Å². The van der Waals surface area contributed by atoms with Crippen molar-refractivity contribution < 1.29 is 9.63 Å². The fourth-order valence-electron chi connectivity index (χ4n) is 5.01. The second-order valence-electron chi connectivity index (χ2n) is 10.3. The quantitative estimate of drug-likeness (QED) is 0.365. The SMILES string of the molecule is CN(C)C(O)Cn1cc(-c2nc(C(C)(c3ccc(-c4cnc5c(c4)CCN5)cc3)C3CC3)no2)cn1. The van der Waals surface area contributed by atoms with Gasteiger partial charge in [0.1, 0.15) is 12.0 Å². The number of aliphatic hydroxyl groups excluding tert-OH is 1. The fourth-order valence-corrected chi connectivity index (χ4v) is 5.01. The maximum absolute atomic E-state index is 10.1. The summed E-state index contributed by atoms with van der Waals surface area (Å²) < 4.78 is 7.38. The molecule has 0 saturated heterocycles. The summed E-state index contributed by atoms with van der Waals surface area (Å²) >= 11 is 0. The normalized spacial score (nSPS) is 17.6. The van der Waals surface area contributed by atoms with Crippen molar-refractivity contribution in [1.29, 1.82) is 0 Å². The molecule has 36 heavy (non-hydrogen) atoms. The molecule has 0 radical (unpaired) electrons. The molecule has 1 saturated carbocycles. The predicted octanol–water partition coefficient (Wildman–Crippen LogP) is 3.56. The fraction of sp³-hybridized carbons (Fsp3) is 0.407. The lowest BCUT2D eigenvalue weighted by Crippen LogP contribution is -2.31. The first-order chi connectivity index (χ1) is 17.4. The van der Waals surface area contributed by atoms with Gasteiger partial charge in [-0.05, 0) is 69.0 Å². The summed E-state index contributed by atoms with van der Waals surface area (Å²) in [5.41, 5.74) is 5.15. The third-order valence-corrected chi connectivity index (χ3v) is 7.58. The molecule has 0 amide bonds. The molecule has 186 valence electrons. The first kappa shape index (κ1) is 22.9. The van der Waals surface area contributed by atoms with Crippen molar-refractivity contribution in [3.8, 4) is 22.6 Å². The van der Waals surface area contributed by atoms with Gasteiger partial charge in [0, 0.05) is 24.5 Å². The minimum Gasteiger partial charge on any atom is -0.376 e. The lowest BCUT2D eigenvalue weighted by molar-refractivity contribution is 0.0232. The molecule has 2 atom stereocenters. The van der Waals surface area contributed by atoms with Crippen molar-refractivity contribution in [3.63, 3.8) is 0 Å². The Kier molecular flexibility index (Phi) is 5.61. The minimum atomic E-state index is -0.624. The zero-order chi connectivity index (χ0) is 24.9. The summed E-state index contributed by atoms with van der Waals surface area (Å²) in [5, 5.41) is 22.2. The Morgan fingerprint density at radius 1 is 1.17 bits per heavy atom. The van der Waals surface area contributed by atoms with Crippen molar-refractivity contribution in [3.05, 3.63) is 65.9 Å². The topological polar surface area (TPSA) is 105 Å². The molecule has 3 aromatic heterocycles. The summed E-state index contributed by atoms with van der Waals surface area (Å²) in [5.74, 6) is 2.61. The molecule has 2 unspecified atom stereocenters. The highest BCUT2D eigenvalue weighted by molar-refractivity contribution is 5.67. The molecule has 4 heterocycles. The number of pyridine rings is 1. The van der Waals surface area contributed by atoms with Gasteiger partial charge in [0.05, 0.1) is 23.7 Å². The van der Waals surface area contributed by atoms with E-state index in [9.17, 15) is 5.11 Å². The Hall–Kier alpha value is -3.56. The molecule has 2 N–H and O–H groups in total. The minimum absolute atomic E-state index is 0.336. The van der Waals surface area contributed by atoms with Crippen LogP contribution in [-0.4, -0.2) is 61.8 Å². The van der Waals surface area contributed by atoms with Crippen LogP contribution in [0.2, 0.25) is 0 Å². The molecule has 0 bridgehead atoms. The van der Waals surface area contributed by atoms with Gasteiger partial charge in [0.15, 0.2) is 5.82 Å². The van der Waals surface area contributed by atoms with Crippen LogP contribution in [0.25, 0.3) is 22.6 Å². The van der Waals surface area contributed by atoms with E-state index < -0.39 is 6.23 Å². The highest BCUT2D eigenvalue weighted by atomic mass is 16.5. The first-order valence-corrected chi connectivity index (χ1v) is 12.5. The molecule has 1 aromatic carbocycles. The van der Waals surface area contributed by atoms with Gasteiger partial charge < -0.3 is 14.9 Å². The van der Waals surface area contributed by atoms with Crippen LogP contribution >= 0.6 is 0 Å². The van der Waals surface area contributed by atoms with Crippen LogP contribution in [0.3, 0.4) is 0 Å². The predicted molar refractivity (Wildman–Crippen MR) is 136 cm³/mol. The Morgan fingerprint density at radius 3 is 2.72 bits per heavy atom. The maximum Gasteiger partial charge on any atom is 0.261 e. The number of hydrogen-bond donors (Lipinski definition) is 2. The monoisotopic (exact) mass is 485 g/mol. The highest BCUT2D eigenvalue weighted by Crippen LogP contribution is 2.50. The smallest absolute Gasteiger partial charge is 0.261 e. The largest absolute Gasteiger partial charge is 0.376 e. The van der Waals surface area contributed by atoms with E-state index >= 15 is 0 Å². The Bertz CT molecular complexity index is 1370. The number of anilines is 1. The molecular formula is C27H31N7O2. The molecule has 9 heteroatoms. The van der Waals surface area contributed by atoms with Gasteiger partial charge in [-0.2, -0.15) is 10.1 Å². The second-order valence-corrected chi connectivity index (χ2v) is 10.3. The van der Waals surface area contributed by atoms with Gasteiger partial charge in [-0.1, -0.05) is 29.4 Å². The van der Waals surface area contributed by atoms with Gasteiger partial charge in [0.25, 0.3) is 5.89 Å². The first-order valence-electron chi connectivity index (χ1n) is 12.5. The molecule has 4 aromatic rings. The maximum atomic E-state index is 10.1. The molecule has 2 aliphatic rings. The van der Waals surface area contributed by atoms with Gasteiger partial charge in [-0.15, -0.1) is 0 Å². The molecule has 0 spiro atoms. The number of likely N-dealkylation sites (N-methyl/N-ethyl adjacent to an activating group) is 1. The highest BCUT2D eigenvalue weighted by Gasteiger charge is 2.47. The Labute approximate surface area is 210 Å². The van der Waals surface area contributed by atoms with Crippen molar-refractivity contribution >= 4 is 5.82 Å². The second kappa shape index (κ2) is 8.83. The number of nitrogens with one attached hydrogen (secondary N) is 1. The number of benzene rings is 1. The third-order valence-electron chi connectivity index (χ3n) is 7.58. The van der Waals surface area contributed by atoms with Crippen LogP contribution in [0.15, 0.2) is 53.4 Å². The summed E-state index contributed by atoms with van der Waals surface area (Å²) in [6.45, 7) is 3.53. The molecular weight excluding hydrogens is 454 g/mol. The Balaban J connectivity index is 1.26. The average Bonchev–Trinajstić information content (AvgIpc) is 3.24. The van der Waals surface area contributed by atoms with E-state index in [-0.39, 0.29) is 5.41 Å². The molecule has 1 aliphatic heterocycles. The van der Waals surface area contributed by atoms with Crippen molar-refractivity contribution in [2.45, 2.75) is 44.4 Å². The molecule has 6 rings (SSSR count). The number of rotatable bonds is 8. The molecule has 1 fully saturated rings.